The van der Waals surface area contributed by atoms with Crippen LogP contribution in [0.25, 0.3) is 0 Å². The molecule has 0 bridgehead atoms. The van der Waals surface area contributed by atoms with Crippen molar-refractivity contribution in [1.82, 2.24) is 21.3 Å². The van der Waals surface area contributed by atoms with Crippen molar-refractivity contribution < 1.29 is 123 Å². The van der Waals surface area contributed by atoms with Gasteiger partial charge in [-0.05, 0) is 19.6 Å². The summed E-state index contributed by atoms with van der Waals surface area (Å²) in [4.78, 5) is 55.3. The average Bonchev–Trinajstić information content (AvgIpc) is 3.41. The van der Waals surface area contributed by atoms with Crippen LogP contribution in [0.5, 0.6) is 0 Å². The van der Waals surface area contributed by atoms with Crippen LogP contribution in [0.3, 0.4) is 0 Å². The fourth-order valence-corrected chi connectivity index (χ4v) is 9.31. The van der Waals surface area contributed by atoms with Crippen molar-refractivity contribution >= 4 is 73.0 Å². The summed E-state index contributed by atoms with van der Waals surface area (Å²) in [7, 11) is 2.64. The van der Waals surface area contributed by atoms with E-state index in [0.29, 0.717) is 5.75 Å². The Morgan fingerprint density at radius 2 is 1.06 bits per heavy atom. The number of rotatable bonds is 27. The lowest BCUT2D eigenvalue weighted by atomic mass is 9.92. The highest BCUT2D eigenvalue weighted by Gasteiger charge is 2.52. The van der Waals surface area contributed by atoms with Crippen LogP contribution in [-0.2, 0) is 66.6 Å². The van der Waals surface area contributed by atoms with Crippen molar-refractivity contribution in [3.8, 4) is 0 Å². The summed E-state index contributed by atoms with van der Waals surface area (Å²) in [5, 5.41) is 126. The third-order valence-electron chi connectivity index (χ3n) is 12.7. The van der Waals surface area contributed by atoms with Crippen LogP contribution < -0.4 is 27.0 Å². The number of aliphatic carboxylic acids is 3. The molecule has 31 nitrogen and oxygen atoms in total. The number of hydrogen-bond acceptors (Lipinski definition) is 28. The summed E-state index contributed by atoms with van der Waals surface area (Å²) in [6, 6.07) is -4.37. The zero-order valence-electron chi connectivity index (χ0n) is 44.5. The maximum atomic E-state index is 12.9. The third kappa shape index (κ3) is 23.3. The Kier molecular flexibility index (Phi) is 36.3. The molecule has 0 saturated carbocycles. The molecule has 0 aromatic carbocycles. The molecule has 4 aliphatic heterocycles. The highest BCUT2D eigenvalue weighted by Crippen LogP contribution is 2.32. The molecule has 34 heteroatoms. The molecule has 4 heterocycles. The summed E-state index contributed by atoms with van der Waals surface area (Å²) in [5.74, 6) is -3.68. The Labute approximate surface area is 472 Å². The van der Waals surface area contributed by atoms with Crippen molar-refractivity contribution in [1.29, 1.82) is 5.41 Å². The molecule has 2 amide bonds. The molecule has 0 aliphatic carbocycles. The smallest absolute Gasteiger partial charge is 0.317 e. The first kappa shape index (κ1) is 74.1. The molecule has 22 atom stereocenters. The van der Waals surface area contributed by atoms with Gasteiger partial charge in [0.15, 0.2) is 19.0 Å². The minimum Gasteiger partial charge on any atom is -0.483 e. The average molecular weight is 1210 g/mol. The second-order valence-electron chi connectivity index (χ2n) is 18.3. The number of carboxylic acid groups (broad SMARTS) is 3. The first-order valence-corrected chi connectivity index (χ1v) is 26.7. The number of carbonyl (C=O) groups excluding carboxylic acids is 2. The number of hydrogen-bond donors (Lipinski definition) is 19. The highest BCUT2D eigenvalue weighted by atomic mass is 35.5. The lowest BCUT2D eigenvalue weighted by Crippen LogP contribution is -2.69. The summed E-state index contributed by atoms with van der Waals surface area (Å²) in [6.45, 7) is 1.68. The lowest BCUT2D eigenvalue weighted by Gasteiger charge is -2.48. The topological polar surface area (TPSA) is 489 Å². The van der Waals surface area contributed by atoms with Gasteiger partial charge < -0.3 is 115 Å². The molecule has 0 radical (unpaired) electrons. The van der Waals surface area contributed by atoms with Gasteiger partial charge in [-0.1, -0.05) is 0 Å². The zero-order chi connectivity index (χ0) is 60.3. The number of thiol groups is 2. The van der Waals surface area contributed by atoms with Crippen LogP contribution in [0.2, 0.25) is 0 Å². The fourth-order valence-electron chi connectivity index (χ4n) is 8.86. The molecule has 18 N–H and O–H groups in total. The maximum absolute atomic E-state index is 12.9. The number of methoxy groups -OCH3 is 2. The number of amides is 2. The van der Waals surface area contributed by atoms with Gasteiger partial charge in [-0.25, -0.2) is 0 Å². The monoisotopic (exact) mass is 1210 g/mol. The van der Waals surface area contributed by atoms with Gasteiger partial charge in [0.25, 0.3) is 0 Å². The van der Waals surface area contributed by atoms with E-state index in [1.165, 1.54) is 27.5 Å². The number of aliphatic hydroxyl groups excluding tert-OH is 8. The molecule has 22 unspecified atom stereocenters. The van der Waals surface area contributed by atoms with E-state index in [9.17, 15) is 64.8 Å². The van der Waals surface area contributed by atoms with E-state index in [4.69, 9.17) is 69.1 Å². The molecule has 79 heavy (non-hydrogen) atoms. The predicted molar refractivity (Wildman–Crippen MR) is 281 cm³/mol. The highest BCUT2D eigenvalue weighted by molar-refractivity contribution is 7.80. The molecule has 0 spiro atoms. The molecule has 462 valence electrons. The Morgan fingerprint density at radius 3 is 1.44 bits per heavy atom. The molecule has 4 saturated heterocycles. The van der Waals surface area contributed by atoms with Gasteiger partial charge in [0.05, 0.1) is 82.9 Å². The molecular weight excluding hydrogens is 1120 g/mol. The van der Waals surface area contributed by atoms with Crippen LogP contribution in [0.15, 0.2) is 0 Å². The van der Waals surface area contributed by atoms with Crippen molar-refractivity contribution in [2.24, 2.45) is 11.7 Å². The molecule has 4 aliphatic rings. The number of aliphatic hydroxyl groups is 8. The normalized spacial score (nSPS) is 35.0. The summed E-state index contributed by atoms with van der Waals surface area (Å²) in [6.07, 6.45) is -15.5. The van der Waals surface area contributed by atoms with Crippen LogP contribution >= 0.6 is 36.9 Å². The largest absolute Gasteiger partial charge is 0.483 e. The van der Waals surface area contributed by atoms with Crippen LogP contribution in [0.4, 0.5) is 0 Å². The number of carbonyl (C=O) groups is 5. The number of halogens is 1. The second-order valence-corrected chi connectivity index (χ2v) is 19.0. The zero-order valence-corrected chi connectivity index (χ0v) is 47.1. The lowest BCUT2D eigenvalue weighted by molar-refractivity contribution is -0.316. The van der Waals surface area contributed by atoms with E-state index in [2.05, 4.69) is 58.1 Å². The van der Waals surface area contributed by atoms with E-state index in [1.54, 1.807) is 13.8 Å². The quantitative estimate of drug-likeness (QED) is 0.0157. The number of nitrogens with two attached hydrogens (primary N) is 1. The standard InChI is InChI=1S/C22H39N3O12S.C16H30N2O10.C6H11NO3S.CH3Cl/c1-10-16(24-4-15(29)30)18(31)21(13(6-27)35-10)37-22-17(19(32)20(33-2)12(5-26)36-22)25-14(28)3-11(8-38)7-34-9-23;1-6-11(18-3-9(21)22)13(24)15(8(5-20)26-6)28-16-10(17)12(23)14(25-2)7(4-19)27-16;1-4(8)7-5(3-11)2-6(9)10;1-2/h9-13,16-24,26-27,31-32,38H,3-8H2,1-2H3,(H,25,28)(H,29,30);6-8,10-16,18-20,23-24H,3-5,17H2,1-2H3,(H,21,22);5,11H,2-3H2,1H3,(H,7,8)(H,9,10);1H3. The molecule has 4 fully saturated rings. The number of nitrogens with one attached hydrogen (secondary N) is 5. The van der Waals surface area contributed by atoms with Crippen molar-refractivity contribution in [3.63, 3.8) is 0 Å². The molecule has 0 aromatic heterocycles. The van der Waals surface area contributed by atoms with Gasteiger partial charge >= 0.3 is 17.9 Å². The van der Waals surface area contributed by atoms with Crippen molar-refractivity contribution in [3.05, 3.63) is 0 Å². The van der Waals surface area contributed by atoms with Crippen molar-refractivity contribution in [2.45, 2.75) is 162 Å². The maximum Gasteiger partial charge on any atom is 0.317 e. The SMILES string of the molecule is CC(=O)NC(CS)CC(=O)O.CCl.COC1C(CO)OC(OC2C(CO)OC(C)C(NCC(=O)O)C2O)C(N)C1O.COC1C(CO)OC(OC2C(CO)OC(C)C(NCC(=O)O)C2O)C(NC(=O)CC(CS)COC=N)C1O. The summed E-state index contributed by atoms with van der Waals surface area (Å²) >= 11 is 12.7. The number of ether oxygens (including phenoxy) is 9. The fraction of sp³-hybridized carbons (Fsp3) is 0.867. The van der Waals surface area contributed by atoms with Crippen LogP contribution in [-0.4, -0.2) is 299 Å². The Balaban J connectivity index is 0.000000664. The van der Waals surface area contributed by atoms with Crippen LogP contribution in [0, 0.1) is 11.3 Å². The summed E-state index contributed by atoms with van der Waals surface area (Å²) in [5.41, 5.74) is 5.98. The van der Waals surface area contributed by atoms with E-state index in [-0.39, 0.29) is 43.1 Å². The van der Waals surface area contributed by atoms with E-state index < -0.39 is 186 Å². The summed E-state index contributed by atoms with van der Waals surface area (Å²) < 4.78 is 49.8. The molecule has 4 rings (SSSR count). The van der Waals surface area contributed by atoms with Gasteiger partial charge in [-0.15, -0.1) is 11.6 Å². The number of carboxylic acids is 3. The second kappa shape index (κ2) is 38.8. The van der Waals surface area contributed by atoms with Crippen LogP contribution in [0.1, 0.15) is 33.6 Å². The Morgan fingerprint density at radius 1 is 0.646 bits per heavy atom. The minimum atomic E-state index is -1.43. The van der Waals surface area contributed by atoms with Crippen molar-refractivity contribution in [2.75, 3.05) is 78.2 Å². The molecular formula is C45H83ClN6O25S2. The van der Waals surface area contributed by atoms with E-state index in [0.717, 1.165) is 6.40 Å². The molecule has 0 aromatic rings. The number of alkyl halides is 1. The Bertz CT molecular complexity index is 1790. The van der Waals surface area contributed by atoms with Gasteiger partial charge in [0, 0.05) is 51.7 Å². The van der Waals surface area contributed by atoms with E-state index >= 15 is 0 Å². The van der Waals surface area contributed by atoms with Gasteiger partial charge in [-0.2, -0.15) is 25.3 Å². The van der Waals surface area contributed by atoms with Gasteiger partial charge in [0.1, 0.15) is 79.3 Å². The minimum absolute atomic E-state index is 0.0680. The first-order valence-electron chi connectivity index (χ1n) is 24.7. The van der Waals surface area contributed by atoms with Gasteiger partial charge in [-0.3, -0.25) is 40.0 Å². The Hall–Kier alpha value is -2.95. The van der Waals surface area contributed by atoms with Gasteiger partial charge in [0.2, 0.25) is 11.8 Å². The van der Waals surface area contributed by atoms with E-state index in [1.807, 2.05) is 0 Å². The first-order chi connectivity index (χ1) is 37.4. The predicted octanol–water partition coefficient (Wildman–Crippen LogP) is -6.58. The third-order valence-corrected chi connectivity index (χ3v) is 13.6.